The van der Waals surface area contributed by atoms with Gasteiger partial charge in [0.15, 0.2) is 0 Å². The van der Waals surface area contributed by atoms with Crippen LogP contribution in [-0.2, 0) is 0 Å². The summed E-state index contributed by atoms with van der Waals surface area (Å²) in [5, 5.41) is 0. The van der Waals surface area contributed by atoms with Crippen LogP contribution in [0.3, 0.4) is 0 Å². The lowest BCUT2D eigenvalue weighted by Crippen LogP contribution is -2.43. The van der Waals surface area contributed by atoms with Crippen molar-refractivity contribution in [2.45, 2.75) is 40.2 Å². The quantitative estimate of drug-likeness (QED) is 0.778. The van der Waals surface area contributed by atoms with E-state index in [1.807, 2.05) is 0 Å². The van der Waals surface area contributed by atoms with Crippen LogP contribution in [0.25, 0.3) is 0 Å². The standard InChI is InChI=1S/C14H30N2S/c1-12-9-15(5)7-6-8-16(12)10-13(11-17)14(2,3)4/h12-13,17H,6-11H2,1-5H3. The Balaban J connectivity index is 2.59. The molecule has 2 unspecified atom stereocenters. The molecule has 0 amide bonds. The van der Waals surface area contributed by atoms with Gasteiger partial charge in [-0.15, -0.1) is 0 Å². The van der Waals surface area contributed by atoms with Gasteiger partial charge in [0.2, 0.25) is 0 Å². The van der Waals surface area contributed by atoms with Crippen molar-refractivity contribution in [1.29, 1.82) is 0 Å². The molecule has 0 spiro atoms. The maximum absolute atomic E-state index is 4.55. The summed E-state index contributed by atoms with van der Waals surface area (Å²) in [5.41, 5.74) is 0.361. The van der Waals surface area contributed by atoms with Gasteiger partial charge in [0, 0.05) is 19.1 Å². The lowest BCUT2D eigenvalue weighted by molar-refractivity contribution is 0.132. The van der Waals surface area contributed by atoms with Gasteiger partial charge in [-0.1, -0.05) is 20.8 Å². The van der Waals surface area contributed by atoms with Crippen LogP contribution in [0.1, 0.15) is 34.1 Å². The van der Waals surface area contributed by atoms with Crippen LogP contribution >= 0.6 is 12.6 Å². The second-order valence-electron chi connectivity index (χ2n) is 6.71. The zero-order valence-corrected chi connectivity index (χ0v) is 13.1. The minimum absolute atomic E-state index is 0.361. The molecule has 0 aliphatic carbocycles. The lowest BCUT2D eigenvalue weighted by Gasteiger charge is -2.37. The van der Waals surface area contributed by atoms with Crippen LogP contribution in [0, 0.1) is 11.3 Å². The Hall–Kier alpha value is 0.270. The van der Waals surface area contributed by atoms with E-state index in [2.05, 4.69) is 57.2 Å². The van der Waals surface area contributed by atoms with Crippen molar-refractivity contribution in [2.24, 2.45) is 11.3 Å². The molecule has 102 valence electrons. The Labute approximate surface area is 113 Å². The predicted octanol–water partition coefficient (Wildman–Crippen LogP) is 2.60. The van der Waals surface area contributed by atoms with Crippen LogP contribution in [0.5, 0.6) is 0 Å². The zero-order valence-electron chi connectivity index (χ0n) is 12.2. The number of thiol groups is 1. The van der Waals surface area contributed by atoms with Crippen LogP contribution in [0.4, 0.5) is 0 Å². The Bertz CT molecular complexity index is 225. The number of hydrogen-bond acceptors (Lipinski definition) is 3. The van der Waals surface area contributed by atoms with Crippen molar-refractivity contribution in [3.63, 3.8) is 0 Å². The van der Waals surface area contributed by atoms with Gasteiger partial charge in [-0.25, -0.2) is 0 Å². The molecule has 2 atom stereocenters. The fraction of sp³-hybridized carbons (Fsp3) is 1.00. The molecule has 17 heavy (non-hydrogen) atoms. The van der Waals surface area contributed by atoms with Crippen molar-refractivity contribution in [2.75, 3.05) is 39.0 Å². The highest BCUT2D eigenvalue weighted by molar-refractivity contribution is 7.80. The van der Waals surface area contributed by atoms with Crippen molar-refractivity contribution in [3.05, 3.63) is 0 Å². The summed E-state index contributed by atoms with van der Waals surface area (Å²) in [6.07, 6.45) is 1.30. The first-order chi connectivity index (χ1) is 7.84. The molecule has 1 aliphatic rings. The lowest BCUT2D eigenvalue weighted by atomic mass is 9.81. The Morgan fingerprint density at radius 2 is 1.94 bits per heavy atom. The Morgan fingerprint density at radius 1 is 1.29 bits per heavy atom. The van der Waals surface area contributed by atoms with Gasteiger partial charge < -0.3 is 4.90 Å². The summed E-state index contributed by atoms with van der Waals surface area (Å²) in [6, 6.07) is 0.673. The van der Waals surface area contributed by atoms with Crippen molar-refractivity contribution >= 4 is 12.6 Å². The molecule has 0 saturated carbocycles. The van der Waals surface area contributed by atoms with E-state index in [4.69, 9.17) is 0 Å². The Kier molecular flexibility index (Phi) is 5.81. The van der Waals surface area contributed by atoms with Crippen LogP contribution in [-0.4, -0.2) is 54.8 Å². The molecular weight excluding hydrogens is 228 g/mol. The predicted molar refractivity (Wildman–Crippen MR) is 79.9 cm³/mol. The van der Waals surface area contributed by atoms with Gasteiger partial charge in [0.25, 0.3) is 0 Å². The van der Waals surface area contributed by atoms with Gasteiger partial charge >= 0.3 is 0 Å². The van der Waals surface area contributed by atoms with E-state index in [0.717, 1.165) is 5.75 Å². The third-order valence-electron chi connectivity index (χ3n) is 4.08. The van der Waals surface area contributed by atoms with Gasteiger partial charge in [0.1, 0.15) is 0 Å². The molecule has 0 aromatic heterocycles. The SMILES string of the molecule is CC1CN(C)CCCN1CC(CS)C(C)(C)C. The van der Waals surface area contributed by atoms with Gasteiger partial charge in [-0.2, -0.15) is 12.6 Å². The Morgan fingerprint density at radius 3 is 2.47 bits per heavy atom. The van der Waals surface area contributed by atoms with Crippen LogP contribution in [0.15, 0.2) is 0 Å². The average Bonchev–Trinajstić information content (AvgIpc) is 2.34. The first-order valence-electron chi connectivity index (χ1n) is 6.88. The molecular formula is C14H30N2S. The smallest absolute Gasteiger partial charge is 0.0194 e. The second kappa shape index (κ2) is 6.44. The first kappa shape index (κ1) is 15.3. The molecule has 1 aliphatic heterocycles. The van der Waals surface area contributed by atoms with Gasteiger partial charge in [0.05, 0.1) is 0 Å². The van der Waals surface area contributed by atoms with E-state index < -0.39 is 0 Å². The number of rotatable bonds is 3. The van der Waals surface area contributed by atoms with Gasteiger partial charge in [-0.3, -0.25) is 4.90 Å². The maximum Gasteiger partial charge on any atom is 0.0194 e. The molecule has 0 aromatic carbocycles. The van der Waals surface area contributed by atoms with Crippen molar-refractivity contribution in [1.82, 2.24) is 9.80 Å². The normalized spacial score (nSPS) is 26.8. The minimum Gasteiger partial charge on any atom is -0.305 e. The second-order valence-corrected chi connectivity index (χ2v) is 7.07. The van der Waals surface area contributed by atoms with Crippen molar-refractivity contribution in [3.8, 4) is 0 Å². The number of likely N-dealkylation sites (N-methyl/N-ethyl adjacent to an activating group) is 1. The fourth-order valence-electron chi connectivity index (χ4n) is 2.58. The van der Waals surface area contributed by atoms with E-state index in [1.54, 1.807) is 0 Å². The average molecular weight is 258 g/mol. The number of hydrogen-bond donors (Lipinski definition) is 1. The third kappa shape index (κ3) is 4.80. The molecule has 0 radical (unpaired) electrons. The summed E-state index contributed by atoms with van der Waals surface area (Å²) < 4.78 is 0. The van der Waals surface area contributed by atoms with Gasteiger partial charge in [-0.05, 0) is 50.6 Å². The molecule has 0 aromatic rings. The summed E-state index contributed by atoms with van der Waals surface area (Å²) >= 11 is 4.55. The topological polar surface area (TPSA) is 6.48 Å². The zero-order chi connectivity index (χ0) is 13.1. The first-order valence-corrected chi connectivity index (χ1v) is 7.51. The largest absolute Gasteiger partial charge is 0.305 e. The van der Waals surface area contributed by atoms with Crippen molar-refractivity contribution < 1.29 is 0 Å². The molecule has 0 bridgehead atoms. The van der Waals surface area contributed by atoms with E-state index in [1.165, 1.54) is 32.6 Å². The summed E-state index contributed by atoms with van der Waals surface area (Å²) in [5.74, 6) is 1.67. The monoisotopic (exact) mass is 258 g/mol. The molecule has 1 rings (SSSR count). The maximum atomic E-state index is 4.55. The van der Waals surface area contributed by atoms with Crippen LogP contribution in [0.2, 0.25) is 0 Å². The molecule has 2 nitrogen and oxygen atoms in total. The summed E-state index contributed by atoms with van der Waals surface area (Å²) in [6.45, 7) is 14.2. The summed E-state index contributed by atoms with van der Waals surface area (Å²) in [7, 11) is 2.24. The highest BCUT2D eigenvalue weighted by atomic mass is 32.1. The highest BCUT2D eigenvalue weighted by Crippen LogP contribution is 2.28. The molecule has 1 saturated heterocycles. The number of nitrogens with zero attached hydrogens (tertiary/aromatic N) is 2. The van der Waals surface area contributed by atoms with E-state index in [9.17, 15) is 0 Å². The molecule has 1 fully saturated rings. The van der Waals surface area contributed by atoms with E-state index >= 15 is 0 Å². The molecule has 0 N–H and O–H groups in total. The third-order valence-corrected chi connectivity index (χ3v) is 4.53. The molecule has 3 heteroatoms. The highest BCUT2D eigenvalue weighted by Gasteiger charge is 2.28. The minimum atomic E-state index is 0.361. The fourth-order valence-corrected chi connectivity index (χ4v) is 3.24. The van der Waals surface area contributed by atoms with Crippen LogP contribution < -0.4 is 0 Å². The van der Waals surface area contributed by atoms with E-state index in [-0.39, 0.29) is 0 Å². The van der Waals surface area contributed by atoms with E-state index in [0.29, 0.717) is 17.4 Å². The summed E-state index contributed by atoms with van der Waals surface area (Å²) in [4.78, 5) is 5.12. The molecule has 1 heterocycles.